The molecule has 3 saturated heterocycles. The molecule has 0 bridgehead atoms. The minimum Gasteiger partial charge on any atom is -0.402 e. The summed E-state index contributed by atoms with van der Waals surface area (Å²) in [5.74, 6) is -1.48. The summed E-state index contributed by atoms with van der Waals surface area (Å²) in [6.45, 7) is 10.2. The lowest BCUT2D eigenvalue weighted by atomic mass is 9.75. The summed E-state index contributed by atoms with van der Waals surface area (Å²) < 4.78 is 23.7. The van der Waals surface area contributed by atoms with Crippen molar-refractivity contribution in [3.63, 3.8) is 0 Å². The number of nitrogens with one attached hydrogen (secondary N) is 2. The largest absolute Gasteiger partial charge is 0.481 e. The van der Waals surface area contributed by atoms with Crippen molar-refractivity contribution in [2.45, 2.75) is 102 Å². The average Bonchev–Trinajstić information content (AvgIpc) is 3.19. The third-order valence-corrected chi connectivity index (χ3v) is 8.60. The normalized spacial score (nSPS) is 23.5. The van der Waals surface area contributed by atoms with Crippen LogP contribution >= 0.6 is 0 Å². The zero-order chi connectivity index (χ0) is 29.5. The van der Waals surface area contributed by atoms with Gasteiger partial charge in [-0.05, 0) is 71.8 Å². The van der Waals surface area contributed by atoms with E-state index in [0.717, 1.165) is 25.7 Å². The van der Waals surface area contributed by atoms with E-state index in [1.54, 1.807) is 4.90 Å². The summed E-state index contributed by atoms with van der Waals surface area (Å²) in [5.41, 5.74) is 0.0663. The zero-order valence-electron chi connectivity index (χ0n) is 25.0. The van der Waals surface area contributed by atoms with Gasteiger partial charge in [-0.3, -0.25) is 14.4 Å². The van der Waals surface area contributed by atoms with E-state index in [1.165, 1.54) is 5.56 Å². The van der Waals surface area contributed by atoms with Crippen molar-refractivity contribution in [2.24, 2.45) is 0 Å². The minimum atomic E-state index is -1.05. The summed E-state index contributed by atoms with van der Waals surface area (Å²) in [7, 11) is -0.673. The second-order valence-corrected chi connectivity index (χ2v) is 12.2. The third kappa shape index (κ3) is 8.53. The van der Waals surface area contributed by atoms with Crippen LogP contribution < -0.4 is 10.6 Å². The molecule has 2 N–H and O–H groups in total. The molecule has 10 nitrogen and oxygen atoms in total. The van der Waals surface area contributed by atoms with Gasteiger partial charge >= 0.3 is 7.12 Å². The van der Waals surface area contributed by atoms with Crippen LogP contribution in [0, 0.1) is 0 Å². The molecule has 0 unspecified atom stereocenters. The number of aryl methyl sites for hydroxylation is 1. The molecule has 1 aromatic carbocycles. The van der Waals surface area contributed by atoms with Crippen molar-refractivity contribution in [3.05, 3.63) is 35.9 Å². The van der Waals surface area contributed by atoms with Gasteiger partial charge in [-0.25, -0.2) is 0 Å². The Kier molecular flexibility index (Phi) is 10.8. The molecule has 226 valence electrons. The van der Waals surface area contributed by atoms with Gasteiger partial charge in [-0.15, -0.1) is 0 Å². The summed E-state index contributed by atoms with van der Waals surface area (Å²) >= 11 is 0. The van der Waals surface area contributed by atoms with Gasteiger partial charge < -0.3 is 34.3 Å². The Bertz CT molecular complexity index is 978. The first kappa shape index (κ1) is 31.5. The van der Waals surface area contributed by atoms with Gasteiger partial charge in [0.05, 0.1) is 36.8 Å². The first-order valence-electron chi connectivity index (χ1n) is 15.0. The van der Waals surface area contributed by atoms with Crippen molar-refractivity contribution in [2.75, 3.05) is 32.9 Å². The lowest BCUT2D eigenvalue weighted by Crippen LogP contribution is -2.57. The number of ether oxygens (including phenoxy) is 2. The first-order valence-corrected chi connectivity index (χ1v) is 15.0. The Balaban J connectivity index is 1.48. The number of hydrogen-bond acceptors (Lipinski definition) is 7. The lowest BCUT2D eigenvalue weighted by molar-refractivity contribution is -0.142. The van der Waals surface area contributed by atoms with Crippen molar-refractivity contribution >= 4 is 24.8 Å². The fourth-order valence-corrected chi connectivity index (χ4v) is 5.32. The maximum absolute atomic E-state index is 13.8. The van der Waals surface area contributed by atoms with Crippen LogP contribution in [0.1, 0.15) is 71.8 Å². The summed E-state index contributed by atoms with van der Waals surface area (Å²) in [6, 6.07) is 9.12. The Morgan fingerprint density at radius 3 is 2.29 bits per heavy atom. The topological polar surface area (TPSA) is 115 Å². The second kappa shape index (κ2) is 14.1. The zero-order valence-corrected chi connectivity index (χ0v) is 25.0. The van der Waals surface area contributed by atoms with Crippen LogP contribution in [0.15, 0.2) is 30.3 Å². The molecule has 0 saturated carbocycles. The molecule has 11 heteroatoms. The molecule has 3 atom stereocenters. The van der Waals surface area contributed by atoms with Crippen LogP contribution in [0.2, 0.25) is 0 Å². The molecular formula is C30H46BN3O7. The highest BCUT2D eigenvalue weighted by atomic mass is 16.7. The molecule has 3 aliphatic heterocycles. The quantitative estimate of drug-likeness (QED) is 0.392. The van der Waals surface area contributed by atoms with Gasteiger partial charge in [-0.1, -0.05) is 30.3 Å². The number of nitrogens with zero attached hydrogens (tertiary/aromatic N) is 1. The highest BCUT2D eigenvalue weighted by Crippen LogP contribution is 2.38. The number of rotatable bonds is 11. The van der Waals surface area contributed by atoms with Gasteiger partial charge in [0.1, 0.15) is 12.1 Å². The van der Waals surface area contributed by atoms with Crippen LogP contribution in [-0.4, -0.2) is 91.9 Å². The molecule has 0 aliphatic carbocycles. The Labute approximate surface area is 244 Å². The highest BCUT2D eigenvalue weighted by molar-refractivity contribution is 6.48. The SMILES string of the molecule is CC1(C)OB([C@H](CCCc2ccccc2)NC(=O)[C@@H](CC(=O)N2CCOCC2)NC(=O)[C@H]2CCCCO2)OC1(C)C. The van der Waals surface area contributed by atoms with E-state index in [4.69, 9.17) is 18.8 Å². The second-order valence-electron chi connectivity index (χ2n) is 12.2. The molecule has 3 heterocycles. The van der Waals surface area contributed by atoms with E-state index in [1.807, 2.05) is 45.9 Å². The molecule has 4 rings (SSSR count). The number of carbonyl (C=O) groups excluding carboxylic acids is 3. The van der Waals surface area contributed by atoms with Gasteiger partial charge in [0, 0.05) is 19.7 Å². The Morgan fingerprint density at radius 2 is 1.66 bits per heavy atom. The standard InChI is InChI=1S/C30H46BN3O7/c1-29(2)30(3,4)41-31(40-29)25(15-10-13-22-11-6-5-7-12-22)33-27(36)23(21-26(35)34-16-19-38-20-17-34)32-28(37)24-14-8-9-18-39-24/h5-7,11-12,23-25H,8-10,13-21H2,1-4H3,(H,32,37)(H,33,36)/t23-,24-,25+/m1/s1. The summed E-state index contributed by atoms with van der Waals surface area (Å²) in [5, 5.41) is 5.93. The number of morpholine rings is 1. The first-order chi connectivity index (χ1) is 19.6. The van der Waals surface area contributed by atoms with Crippen LogP contribution in [0.3, 0.4) is 0 Å². The van der Waals surface area contributed by atoms with E-state index in [9.17, 15) is 14.4 Å². The van der Waals surface area contributed by atoms with Crippen LogP contribution in [0.4, 0.5) is 0 Å². The van der Waals surface area contributed by atoms with E-state index in [-0.39, 0.29) is 18.2 Å². The fourth-order valence-electron chi connectivity index (χ4n) is 5.32. The summed E-state index contributed by atoms with van der Waals surface area (Å²) in [4.78, 5) is 41.8. The molecule has 0 radical (unpaired) electrons. The average molecular weight is 572 g/mol. The van der Waals surface area contributed by atoms with Gasteiger partial charge in [0.15, 0.2) is 0 Å². The molecule has 1 aromatic rings. The van der Waals surface area contributed by atoms with Crippen LogP contribution in [0.5, 0.6) is 0 Å². The molecule has 0 spiro atoms. The molecule has 0 aromatic heterocycles. The predicted octanol–water partition coefficient (Wildman–Crippen LogP) is 2.43. The van der Waals surface area contributed by atoms with Crippen molar-refractivity contribution in [1.82, 2.24) is 15.5 Å². The molecule has 41 heavy (non-hydrogen) atoms. The van der Waals surface area contributed by atoms with E-state index < -0.39 is 42.3 Å². The third-order valence-electron chi connectivity index (χ3n) is 8.60. The molecular weight excluding hydrogens is 525 g/mol. The Hall–Kier alpha value is -2.47. The van der Waals surface area contributed by atoms with Gasteiger partial charge in [0.25, 0.3) is 0 Å². The monoisotopic (exact) mass is 571 g/mol. The van der Waals surface area contributed by atoms with Crippen molar-refractivity contribution < 1.29 is 33.2 Å². The molecule has 3 fully saturated rings. The maximum Gasteiger partial charge on any atom is 0.481 e. The number of benzene rings is 1. The van der Waals surface area contributed by atoms with E-state index >= 15 is 0 Å². The molecule has 3 aliphatic rings. The minimum absolute atomic E-state index is 0.148. The lowest BCUT2D eigenvalue weighted by Gasteiger charge is -2.32. The number of amides is 3. The van der Waals surface area contributed by atoms with E-state index in [0.29, 0.717) is 45.8 Å². The molecule has 3 amide bonds. The fraction of sp³-hybridized carbons (Fsp3) is 0.700. The van der Waals surface area contributed by atoms with E-state index in [2.05, 4.69) is 22.8 Å². The smallest absolute Gasteiger partial charge is 0.402 e. The maximum atomic E-state index is 13.8. The Morgan fingerprint density at radius 1 is 0.976 bits per heavy atom. The predicted molar refractivity (Wildman–Crippen MR) is 155 cm³/mol. The van der Waals surface area contributed by atoms with Crippen molar-refractivity contribution in [3.8, 4) is 0 Å². The van der Waals surface area contributed by atoms with Crippen LogP contribution in [0.25, 0.3) is 0 Å². The number of hydrogen-bond donors (Lipinski definition) is 2. The van der Waals surface area contributed by atoms with Gasteiger partial charge in [-0.2, -0.15) is 0 Å². The van der Waals surface area contributed by atoms with Crippen LogP contribution in [-0.2, 0) is 39.6 Å². The summed E-state index contributed by atoms with van der Waals surface area (Å²) in [6.07, 6.45) is 3.83. The van der Waals surface area contributed by atoms with Crippen molar-refractivity contribution in [1.29, 1.82) is 0 Å². The number of carbonyl (C=O) groups is 3. The van der Waals surface area contributed by atoms with Gasteiger partial charge in [0.2, 0.25) is 17.7 Å². The highest BCUT2D eigenvalue weighted by Gasteiger charge is 2.54.